The molecule has 1 aliphatic heterocycles. The van der Waals surface area contributed by atoms with Gasteiger partial charge in [-0.2, -0.15) is 5.26 Å². The summed E-state index contributed by atoms with van der Waals surface area (Å²) in [7, 11) is 0. The second-order valence-electron chi connectivity index (χ2n) is 4.90. The van der Waals surface area contributed by atoms with Crippen molar-refractivity contribution in [2.75, 3.05) is 25.0 Å². The van der Waals surface area contributed by atoms with E-state index < -0.39 is 0 Å². The minimum atomic E-state index is 0.0560. The summed E-state index contributed by atoms with van der Waals surface area (Å²) in [4.78, 5) is 13.2. The number of carbonyl (C=O) groups excluding carboxylic acids is 1. The number of rotatable bonds is 4. The number of hydrogen-bond acceptors (Lipinski definition) is 4. The van der Waals surface area contributed by atoms with Gasteiger partial charge in [0.1, 0.15) is 11.8 Å². The lowest BCUT2D eigenvalue weighted by molar-refractivity contribution is -0.129. The molecule has 1 aromatic rings. The summed E-state index contributed by atoms with van der Waals surface area (Å²) in [5.74, 6) is 0.841. The molecule has 1 fully saturated rings. The molecule has 1 amide bonds. The highest BCUT2D eigenvalue weighted by atomic mass is 16.5. The van der Waals surface area contributed by atoms with Gasteiger partial charge in [0.25, 0.3) is 0 Å². The van der Waals surface area contributed by atoms with E-state index in [9.17, 15) is 4.79 Å². The van der Waals surface area contributed by atoms with Crippen LogP contribution in [0.5, 0.6) is 5.75 Å². The normalized spacial score (nSPS) is 15.5. The molecule has 0 atom stereocenters. The smallest absolute Gasteiger partial charge is 0.219 e. The van der Waals surface area contributed by atoms with E-state index in [0.29, 0.717) is 11.8 Å². The van der Waals surface area contributed by atoms with Crippen molar-refractivity contribution in [2.24, 2.45) is 0 Å². The first-order valence-electron chi connectivity index (χ1n) is 6.81. The third kappa shape index (κ3) is 3.89. The molecule has 20 heavy (non-hydrogen) atoms. The largest absolute Gasteiger partial charge is 0.479 e. The zero-order valence-corrected chi connectivity index (χ0v) is 11.6. The Labute approximate surface area is 119 Å². The average molecular weight is 273 g/mol. The zero-order valence-electron chi connectivity index (χ0n) is 11.6. The van der Waals surface area contributed by atoms with E-state index in [0.717, 1.165) is 31.6 Å². The molecular weight excluding hydrogens is 254 g/mol. The summed E-state index contributed by atoms with van der Waals surface area (Å²) >= 11 is 0. The number of amides is 1. The number of hydrogen-bond donors (Lipinski definition) is 1. The molecule has 106 valence electrons. The molecule has 0 aliphatic carbocycles. The molecule has 0 spiro atoms. The van der Waals surface area contributed by atoms with Crippen molar-refractivity contribution in [3.05, 3.63) is 24.3 Å². The Bertz CT molecular complexity index is 502. The van der Waals surface area contributed by atoms with Gasteiger partial charge in [0, 0.05) is 37.8 Å². The first-order valence-corrected chi connectivity index (χ1v) is 6.81. The molecule has 0 bridgehead atoms. The Hall–Kier alpha value is -2.22. The molecule has 1 aliphatic rings. The monoisotopic (exact) mass is 273 g/mol. The molecule has 1 saturated heterocycles. The molecule has 5 nitrogen and oxygen atoms in total. The molecule has 0 radical (unpaired) electrons. The highest BCUT2D eigenvalue weighted by molar-refractivity contribution is 5.73. The number of likely N-dealkylation sites (tertiary alicyclic amines) is 1. The molecule has 0 unspecified atom stereocenters. The fourth-order valence-corrected chi connectivity index (χ4v) is 2.37. The number of anilines is 1. The third-order valence-electron chi connectivity index (χ3n) is 3.45. The predicted molar refractivity (Wildman–Crippen MR) is 76.4 cm³/mol. The summed E-state index contributed by atoms with van der Waals surface area (Å²) in [6.07, 6.45) is 1.89. The van der Waals surface area contributed by atoms with Gasteiger partial charge in [0.15, 0.2) is 6.61 Å². The fourth-order valence-electron chi connectivity index (χ4n) is 2.37. The summed E-state index contributed by atoms with van der Waals surface area (Å²) in [5.41, 5.74) is 0.988. The molecule has 0 saturated carbocycles. The van der Waals surface area contributed by atoms with Gasteiger partial charge in [-0.15, -0.1) is 0 Å². The zero-order chi connectivity index (χ0) is 14.4. The Balaban J connectivity index is 1.88. The van der Waals surface area contributed by atoms with Crippen LogP contribution in [0, 0.1) is 11.3 Å². The second kappa shape index (κ2) is 6.80. The third-order valence-corrected chi connectivity index (χ3v) is 3.45. The number of ether oxygens (including phenoxy) is 1. The minimum Gasteiger partial charge on any atom is -0.479 e. The molecule has 1 aromatic carbocycles. The van der Waals surface area contributed by atoms with Crippen LogP contribution < -0.4 is 10.1 Å². The second-order valence-corrected chi connectivity index (χ2v) is 4.90. The maximum Gasteiger partial charge on any atom is 0.219 e. The van der Waals surface area contributed by atoms with Crippen LogP contribution in [0.1, 0.15) is 19.8 Å². The van der Waals surface area contributed by atoms with Crippen molar-refractivity contribution >= 4 is 11.6 Å². The number of piperidine rings is 1. The maximum absolute atomic E-state index is 11.3. The summed E-state index contributed by atoms with van der Waals surface area (Å²) < 4.78 is 5.28. The molecule has 0 aromatic heterocycles. The molecule has 2 rings (SSSR count). The van der Waals surface area contributed by atoms with Gasteiger partial charge in [-0.3, -0.25) is 4.79 Å². The van der Waals surface area contributed by atoms with Crippen LogP contribution in [0.25, 0.3) is 0 Å². The summed E-state index contributed by atoms with van der Waals surface area (Å²) in [6, 6.07) is 9.94. The standard InChI is InChI=1S/C15H19N3O2/c1-12(19)18-8-5-13(6-9-18)17-14-3-2-4-15(11-14)20-10-7-16/h2-4,11,13,17H,5-6,8-10H2,1H3. The molecular formula is C15H19N3O2. The fraction of sp³-hybridized carbons (Fsp3) is 0.467. The van der Waals surface area contributed by atoms with Crippen LogP contribution in [-0.4, -0.2) is 36.5 Å². The summed E-state index contributed by atoms with van der Waals surface area (Å²) in [5, 5.41) is 12.0. The van der Waals surface area contributed by atoms with Crippen LogP contribution >= 0.6 is 0 Å². The van der Waals surface area contributed by atoms with Crippen molar-refractivity contribution in [1.29, 1.82) is 5.26 Å². The predicted octanol–water partition coefficient (Wildman–Crippen LogP) is 2.01. The van der Waals surface area contributed by atoms with E-state index in [2.05, 4.69) is 5.32 Å². The topological polar surface area (TPSA) is 65.4 Å². The lowest BCUT2D eigenvalue weighted by Gasteiger charge is -2.32. The van der Waals surface area contributed by atoms with E-state index in [1.165, 1.54) is 0 Å². The van der Waals surface area contributed by atoms with Crippen molar-refractivity contribution < 1.29 is 9.53 Å². The number of nitrogens with zero attached hydrogens (tertiary/aromatic N) is 2. The average Bonchev–Trinajstić information content (AvgIpc) is 2.46. The minimum absolute atomic E-state index is 0.0560. The van der Waals surface area contributed by atoms with Gasteiger partial charge in [-0.1, -0.05) is 6.07 Å². The van der Waals surface area contributed by atoms with Gasteiger partial charge in [0.05, 0.1) is 0 Å². The lowest BCUT2D eigenvalue weighted by atomic mass is 10.0. The Morgan fingerprint density at radius 3 is 2.90 bits per heavy atom. The quantitative estimate of drug-likeness (QED) is 0.911. The first-order chi connectivity index (χ1) is 9.69. The Morgan fingerprint density at radius 2 is 2.25 bits per heavy atom. The number of nitriles is 1. The van der Waals surface area contributed by atoms with Crippen LogP contribution in [0.4, 0.5) is 5.69 Å². The van der Waals surface area contributed by atoms with E-state index in [4.69, 9.17) is 10.00 Å². The van der Waals surface area contributed by atoms with Crippen molar-refractivity contribution in [2.45, 2.75) is 25.8 Å². The molecule has 1 heterocycles. The van der Waals surface area contributed by atoms with Gasteiger partial charge in [-0.05, 0) is 25.0 Å². The van der Waals surface area contributed by atoms with Gasteiger partial charge >= 0.3 is 0 Å². The SMILES string of the molecule is CC(=O)N1CCC(Nc2cccc(OCC#N)c2)CC1. The molecule has 5 heteroatoms. The number of benzene rings is 1. The van der Waals surface area contributed by atoms with E-state index in [1.807, 2.05) is 35.2 Å². The lowest BCUT2D eigenvalue weighted by Crippen LogP contribution is -2.41. The van der Waals surface area contributed by atoms with Crippen molar-refractivity contribution in [3.63, 3.8) is 0 Å². The van der Waals surface area contributed by atoms with Crippen molar-refractivity contribution in [1.82, 2.24) is 4.90 Å². The van der Waals surface area contributed by atoms with E-state index in [1.54, 1.807) is 6.92 Å². The van der Waals surface area contributed by atoms with Crippen LogP contribution in [0.15, 0.2) is 24.3 Å². The Kier molecular flexibility index (Phi) is 4.83. The van der Waals surface area contributed by atoms with Gasteiger partial charge in [0.2, 0.25) is 5.91 Å². The van der Waals surface area contributed by atoms with Gasteiger partial charge in [-0.25, -0.2) is 0 Å². The summed E-state index contributed by atoms with van der Waals surface area (Å²) in [6.45, 7) is 3.28. The van der Waals surface area contributed by atoms with E-state index >= 15 is 0 Å². The van der Waals surface area contributed by atoms with E-state index in [-0.39, 0.29) is 12.5 Å². The highest BCUT2D eigenvalue weighted by Crippen LogP contribution is 2.21. The number of nitrogens with one attached hydrogen (secondary N) is 1. The van der Waals surface area contributed by atoms with Gasteiger partial charge < -0.3 is 15.0 Å². The van der Waals surface area contributed by atoms with Crippen LogP contribution in [0.2, 0.25) is 0 Å². The maximum atomic E-state index is 11.3. The Morgan fingerprint density at radius 1 is 1.50 bits per heavy atom. The van der Waals surface area contributed by atoms with Crippen LogP contribution in [-0.2, 0) is 4.79 Å². The van der Waals surface area contributed by atoms with Crippen molar-refractivity contribution in [3.8, 4) is 11.8 Å². The highest BCUT2D eigenvalue weighted by Gasteiger charge is 2.20. The first kappa shape index (κ1) is 14.2. The molecule has 1 N–H and O–H groups in total. The van der Waals surface area contributed by atoms with Crippen LogP contribution in [0.3, 0.4) is 0 Å². The number of carbonyl (C=O) groups is 1.